The second kappa shape index (κ2) is 5.83. The summed E-state index contributed by atoms with van der Waals surface area (Å²) in [7, 11) is 0. The van der Waals surface area contributed by atoms with Gasteiger partial charge in [0.1, 0.15) is 0 Å². The largest absolute Gasteiger partial charge is 0.386 e. The maximum atomic E-state index is 9.93. The summed E-state index contributed by atoms with van der Waals surface area (Å²) in [5, 5.41) is 9.93. The Morgan fingerprint density at radius 2 is 1.78 bits per heavy atom. The monoisotopic (exact) mass is 242 g/mol. The van der Waals surface area contributed by atoms with Crippen molar-refractivity contribution in [2.75, 3.05) is 0 Å². The minimum Gasteiger partial charge on any atom is -0.386 e. The van der Waals surface area contributed by atoms with Crippen molar-refractivity contribution in [3.05, 3.63) is 65.8 Å². The number of benzene rings is 1. The fourth-order valence-electron chi connectivity index (χ4n) is 1.95. The Hall–Kier alpha value is -1.60. The van der Waals surface area contributed by atoms with Crippen molar-refractivity contribution in [3.63, 3.8) is 0 Å². The molecule has 1 aromatic rings. The van der Waals surface area contributed by atoms with Crippen LogP contribution in [0.2, 0.25) is 0 Å². The average Bonchev–Trinajstić information content (AvgIpc) is 2.30. The zero-order chi connectivity index (χ0) is 13.8. The molecule has 0 saturated heterocycles. The first-order valence-electron chi connectivity index (χ1n) is 6.19. The number of aliphatic hydroxyl groups is 1. The van der Waals surface area contributed by atoms with E-state index in [1.54, 1.807) is 19.9 Å². The van der Waals surface area contributed by atoms with Gasteiger partial charge in [-0.1, -0.05) is 49.1 Å². The molecule has 0 aliphatic carbocycles. The zero-order valence-electron chi connectivity index (χ0n) is 11.7. The fourth-order valence-corrected chi connectivity index (χ4v) is 1.95. The summed E-state index contributed by atoms with van der Waals surface area (Å²) in [4.78, 5) is 0. The highest BCUT2D eigenvalue weighted by molar-refractivity contribution is 5.78. The first-order valence-corrected chi connectivity index (χ1v) is 6.19. The van der Waals surface area contributed by atoms with E-state index >= 15 is 0 Å². The maximum absolute atomic E-state index is 9.93. The quantitative estimate of drug-likeness (QED) is 0.773. The second-order valence-electron chi connectivity index (χ2n) is 4.92. The van der Waals surface area contributed by atoms with Crippen LogP contribution in [0.1, 0.15) is 38.8 Å². The third-order valence-electron chi connectivity index (χ3n) is 2.98. The Morgan fingerprint density at radius 3 is 2.17 bits per heavy atom. The van der Waals surface area contributed by atoms with E-state index in [0.717, 1.165) is 11.1 Å². The highest BCUT2D eigenvalue weighted by Gasteiger charge is 2.15. The van der Waals surface area contributed by atoms with Gasteiger partial charge in [0.25, 0.3) is 0 Å². The van der Waals surface area contributed by atoms with Crippen LogP contribution in [0.25, 0.3) is 5.57 Å². The summed E-state index contributed by atoms with van der Waals surface area (Å²) < 4.78 is 0. The molecule has 0 aromatic heterocycles. The predicted molar refractivity (Wildman–Crippen MR) is 79.3 cm³/mol. The lowest BCUT2D eigenvalue weighted by atomic mass is 9.93. The van der Waals surface area contributed by atoms with Gasteiger partial charge < -0.3 is 5.11 Å². The van der Waals surface area contributed by atoms with Crippen LogP contribution in [-0.4, -0.2) is 5.11 Å². The van der Waals surface area contributed by atoms with Gasteiger partial charge in [-0.3, -0.25) is 0 Å². The highest BCUT2D eigenvalue weighted by Crippen LogP contribution is 2.26. The van der Waals surface area contributed by atoms with Gasteiger partial charge in [0.05, 0.1) is 5.60 Å². The zero-order valence-corrected chi connectivity index (χ0v) is 11.7. The summed E-state index contributed by atoms with van der Waals surface area (Å²) in [5.41, 5.74) is 3.66. The lowest BCUT2D eigenvalue weighted by Gasteiger charge is -2.18. The van der Waals surface area contributed by atoms with Gasteiger partial charge in [0.15, 0.2) is 0 Å². The van der Waals surface area contributed by atoms with Crippen molar-refractivity contribution in [3.8, 4) is 0 Å². The molecule has 0 unspecified atom stereocenters. The second-order valence-corrected chi connectivity index (χ2v) is 4.92. The van der Waals surface area contributed by atoms with Crippen molar-refractivity contribution in [2.24, 2.45) is 0 Å². The molecule has 1 nitrogen and oxygen atoms in total. The molecule has 0 saturated carbocycles. The number of allylic oxidation sites excluding steroid dienone is 5. The van der Waals surface area contributed by atoms with Gasteiger partial charge in [0, 0.05) is 0 Å². The predicted octanol–water partition coefficient (Wildman–Crippen LogP) is 4.45. The third-order valence-corrected chi connectivity index (χ3v) is 2.98. The molecular weight excluding hydrogens is 220 g/mol. The van der Waals surface area contributed by atoms with Crippen molar-refractivity contribution in [1.82, 2.24) is 0 Å². The molecule has 0 bridgehead atoms. The van der Waals surface area contributed by atoms with Crippen LogP contribution in [0.5, 0.6) is 0 Å². The Kier molecular flexibility index (Phi) is 4.69. The molecule has 0 atom stereocenters. The van der Waals surface area contributed by atoms with Crippen molar-refractivity contribution in [1.29, 1.82) is 0 Å². The van der Waals surface area contributed by atoms with E-state index < -0.39 is 5.60 Å². The van der Waals surface area contributed by atoms with Crippen LogP contribution in [0.4, 0.5) is 0 Å². The van der Waals surface area contributed by atoms with Gasteiger partial charge in [-0.15, -0.1) is 0 Å². The Morgan fingerprint density at radius 1 is 1.22 bits per heavy atom. The lowest BCUT2D eigenvalue weighted by Crippen LogP contribution is -2.15. The Balaban J connectivity index is 3.12. The SMILES string of the molecule is C=C/C=C(C)\C(=C/C)c1ccc(C(C)(C)O)cc1. The van der Waals surface area contributed by atoms with E-state index in [9.17, 15) is 5.11 Å². The molecule has 96 valence electrons. The third kappa shape index (κ3) is 3.44. The van der Waals surface area contributed by atoms with E-state index in [4.69, 9.17) is 0 Å². The normalized spacial score (nSPS) is 13.6. The molecule has 0 aliphatic heterocycles. The molecule has 1 rings (SSSR count). The highest BCUT2D eigenvalue weighted by atomic mass is 16.3. The first-order chi connectivity index (χ1) is 8.40. The van der Waals surface area contributed by atoms with Crippen LogP contribution < -0.4 is 0 Å². The average molecular weight is 242 g/mol. The van der Waals surface area contributed by atoms with Gasteiger partial charge in [-0.05, 0) is 50.0 Å². The number of hydrogen-bond donors (Lipinski definition) is 1. The molecule has 1 N–H and O–H groups in total. The van der Waals surface area contributed by atoms with Crippen molar-refractivity contribution >= 4 is 5.57 Å². The summed E-state index contributed by atoms with van der Waals surface area (Å²) in [6.07, 6.45) is 5.89. The van der Waals surface area contributed by atoms with Crippen LogP contribution in [0, 0.1) is 0 Å². The van der Waals surface area contributed by atoms with Crippen LogP contribution in [0.15, 0.2) is 54.6 Å². The minimum atomic E-state index is -0.791. The van der Waals surface area contributed by atoms with Gasteiger partial charge in [-0.2, -0.15) is 0 Å². The molecule has 0 fully saturated rings. The summed E-state index contributed by atoms with van der Waals surface area (Å²) in [5.74, 6) is 0. The van der Waals surface area contributed by atoms with Gasteiger partial charge in [-0.25, -0.2) is 0 Å². The van der Waals surface area contributed by atoms with Gasteiger partial charge in [0.2, 0.25) is 0 Å². The van der Waals surface area contributed by atoms with Crippen LogP contribution >= 0.6 is 0 Å². The fraction of sp³-hybridized carbons (Fsp3) is 0.294. The smallest absolute Gasteiger partial charge is 0.0840 e. The number of rotatable bonds is 4. The molecule has 0 radical (unpaired) electrons. The van der Waals surface area contributed by atoms with E-state index in [-0.39, 0.29) is 0 Å². The van der Waals surface area contributed by atoms with Crippen LogP contribution in [-0.2, 0) is 5.60 Å². The molecule has 1 heteroatoms. The molecule has 1 aromatic carbocycles. The summed E-state index contributed by atoms with van der Waals surface area (Å²) in [6.45, 7) is 11.4. The van der Waals surface area contributed by atoms with Gasteiger partial charge >= 0.3 is 0 Å². The topological polar surface area (TPSA) is 20.2 Å². The molecule has 0 spiro atoms. The van der Waals surface area contributed by atoms with Crippen molar-refractivity contribution < 1.29 is 5.11 Å². The molecular formula is C17H22O. The Labute approximate surface area is 110 Å². The van der Waals surface area contributed by atoms with E-state index in [0.29, 0.717) is 0 Å². The van der Waals surface area contributed by atoms with E-state index in [1.807, 2.05) is 37.3 Å². The first kappa shape index (κ1) is 14.5. The maximum Gasteiger partial charge on any atom is 0.0840 e. The van der Waals surface area contributed by atoms with E-state index in [2.05, 4.69) is 19.6 Å². The summed E-state index contributed by atoms with van der Waals surface area (Å²) >= 11 is 0. The molecule has 18 heavy (non-hydrogen) atoms. The Bertz CT molecular complexity index is 467. The minimum absolute atomic E-state index is 0.791. The van der Waals surface area contributed by atoms with Crippen LogP contribution in [0.3, 0.4) is 0 Å². The lowest BCUT2D eigenvalue weighted by molar-refractivity contribution is 0.0786. The van der Waals surface area contributed by atoms with Crippen molar-refractivity contribution in [2.45, 2.75) is 33.3 Å². The number of hydrogen-bond acceptors (Lipinski definition) is 1. The summed E-state index contributed by atoms with van der Waals surface area (Å²) in [6, 6.07) is 8.03. The molecule has 0 aliphatic rings. The van der Waals surface area contributed by atoms with E-state index in [1.165, 1.54) is 11.1 Å². The molecule has 0 heterocycles. The standard InChI is InChI=1S/C17H22O/c1-6-8-13(3)16(7-2)14-9-11-15(12-10-14)17(4,5)18/h6-12,18H,1H2,2-5H3/b13-8-,16-7+. The molecule has 0 amide bonds.